The number of nitrogens with one attached hydrogen (secondary N) is 2. The van der Waals surface area contributed by atoms with Crippen molar-refractivity contribution in [2.24, 2.45) is 0 Å². The minimum absolute atomic E-state index is 0.102. The molecule has 2 aromatic carbocycles. The summed E-state index contributed by atoms with van der Waals surface area (Å²) in [6.07, 6.45) is 2.79. The Kier molecular flexibility index (Phi) is 6.41. The maximum atomic E-state index is 13.5. The summed E-state index contributed by atoms with van der Waals surface area (Å²) in [7, 11) is -4.05. The zero-order valence-corrected chi connectivity index (χ0v) is 19.1. The zero-order valence-electron chi connectivity index (χ0n) is 18.3. The standard InChI is InChI=1S/C22H21FN6O4S/c1-14(29-13-24-12-26-29)21(30)25-11-20-15(2)33-22(27-20)18-8-3-4-9-19(18)28-34(31,32)17-7-5-6-16(23)10-17/h3-10,12-14,28H,11H2,1-2H3,(H,25,30). The molecule has 176 valence electrons. The van der Waals surface area contributed by atoms with Crippen LogP contribution in [0, 0.1) is 12.7 Å². The van der Waals surface area contributed by atoms with E-state index in [-0.39, 0.29) is 28.9 Å². The Morgan fingerprint density at radius 2 is 2.00 bits per heavy atom. The summed E-state index contributed by atoms with van der Waals surface area (Å²) in [6, 6.07) is 10.7. The molecule has 10 nitrogen and oxygen atoms in total. The first kappa shape index (κ1) is 23.1. The second kappa shape index (κ2) is 9.43. The van der Waals surface area contributed by atoms with Gasteiger partial charge in [0.2, 0.25) is 11.8 Å². The summed E-state index contributed by atoms with van der Waals surface area (Å²) in [6.45, 7) is 3.48. The summed E-state index contributed by atoms with van der Waals surface area (Å²) in [5.41, 5.74) is 1.08. The maximum Gasteiger partial charge on any atom is 0.262 e. The Morgan fingerprint density at radius 1 is 1.21 bits per heavy atom. The Morgan fingerprint density at radius 3 is 2.74 bits per heavy atom. The molecule has 0 aliphatic rings. The lowest BCUT2D eigenvalue weighted by atomic mass is 10.2. The van der Waals surface area contributed by atoms with Gasteiger partial charge in [0, 0.05) is 0 Å². The number of aromatic nitrogens is 4. The second-order valence-corrected chi connectivity index (χ2v) is 9.08. The van der Waals surface area contributed by atoms with Crippen LogP contribution in [0.1, 0.15) is 24.4 Å². The number of carbonyl (C=O) groups excluding carboxylic acids is 1. The molecule has 1 atom stereocenters. The molecule has 0 saturated carbocycles. The van der Waals surface area contributed by atoms with Gasteiger partial charge in [-0.25, -0.2) is 27.5 Å². The monoisotopic (exact) mass is 484 g/mol. The van der Waals surface area contributed by atoms with E-state index in [1.165, 1.54) is 29.5 Å². The van der Waals surface area contributed by atoms with Gasteiger partial charge in [0.25, 0.3) is 10.0 Å². The van der Waals surface area contributed by atoms with Crippen LogP contribution in [0.15, 0.2) is 70.5 Å². The number of oxazole rings is 1. The fraction of sp³-hybridized carbons (Fsp3) is 0.182. The first-order valence-corrected chi connectivity index (χ1v) is 11.7. The van der Waals surface area contributed by atoms with Crippen LogP contribution in [0.4, 0.5) is 10.1 Å². The minimum atomic E-state index is -4.05. The molecule has 1 unspecified atom stereocenters. The number of rotatable bonds is 8. The average molecular weight is 485 g/mol. The maximum absolute atomic E-state index is 13.5. The molecule has 0 spiro atoms. The fourth-order valence-electron chi connectivity index (χ4n) is 3.16. The van der Waals surface area contributed by atoms with Crippen molar-refractivity contribution in [3.63, 3.8) is 0 Å². The van der Waals surface area contributed by atoms with Gasteiger partial charge < -0.3 is 9.73 Å². The van der Waals surface area contributed by atoms with Crippen molar-refractivity contribution in [1.82, 2.24) is 25.1 Å². The first-order chi connectivity index (χ1) is 16.2. The number of amides is 1. The number of nitrogens with zero attached hydrogens (tertiary/aromatic N) is 4. The quantitative estimate of drug-likeness (QED) is 0.393. The van der Waals surface area contributed by atoms with E-state index < -0.39 is 21.9 Å². The lowest BCUT2D eigenvalue weighted by Gasteiger charge is -2.11. The number of sulfonamides is 1. The number of aryl methyl sites for hydroxylation is 1. The topological polar surface area (TPSA) is 132 Å². The molecular formula is C22H21FN6O4S. The molecule has 0 radical (unpaired) electrons. The van der Waals surface area contributed by atoms with Crippen molar-refractivity contribution in [2.75, 3.05) is 4.72 Å². The highest BCUT2D eigenvalue weighted by atomic mass is 32.2. The van der Waals surface area contributed by atoms with Gasteiger partial charge in [0.15, 0.2) is 0 Å². The molecule has 34 heavy (non-hydrogen) atoms. The number of hydrogen-bond acceptors (Lipinski definition) is 7. The predicted octanol–water partition coefficient (Wildman–Crippen LogP) is 3.06. The van der Waals surface area contributed by atoms with Gasteiger partial charge in [-0.05, 0) is 44.2 Å². The summed E-state index contributed by atoms with van der Waals surface area (Å²) >= 11 is 0. The summed E-state index contributed by atoms with van der Waals surface area (Å²) < 4.78 is 48.7. The Hall–Kier alpha value is -4.06. The molecular weight excluding hydrogens is 463 g/mol. The number of carbonyl (C=O) groups is 1. The Balaban J connectivity index is 1.54. The van der Waals surface area contributed by atoms with Gasteiger partial charge in [-0.2, -0.15) is 5.10 Å². The molecule has 4 rings (SSSR count). The van der Waals surface area contributed by atoms with Crippen LogP contribution in [0.5, 0.6) is 0 Å². The fourth-order valence-corrected chi connectivity index (χ4v) is 4.27. The van der Waals surface area contributed by atoms with E-state index in [0.717, 1.165) is 12.1 Å². The summed E-state index contributed by atoms with van der Waals surface area (Å²) in [4.78, 5) is 20.5. The molecule has 4 aromatic rings. The highest BCUT2D eigenvalue weighted by Gasteiger charge is 2.21. The van der Waals surface area contributed by atoms with Crippen molar-refractivity contribution in [3.05, 3.63) is 78.5 Å². The smallest absolute Gasteiger partial charge is 0.262 e. The van der Waals surface area contributed by atoms with E-state index in [1.54, 1.807) is 38.1 Å². The largest absolute Gasteiger partial charge is 0.441 e. The number of hydrogen-bond donors (Lipinski definition) is 2. The third-order valence-electron chi connectivity index (χ3n) is 5.04. The van der Waals surface area contributed by atoms with Crippen molar-refractivity contribution >= 4 is 21.6 Å². The molecule has 0 fully saturated rings. The second-order valence-electron chi connectivity index (χ2n) is 7.40. The van der Waals surface area contributed by atoms with Gasteiger partial charge in [-0.15, -0.1) is 0 Å². The Labute approximate surface area is 194 Å². The van der Waals surface area contributed by atoms with Crippen LogP contribution in [-0.2, 0) is 21.4 Å². The van der Waals surface area contributed by atoms with Crippen LogP contribution in [0.2, 0.25) is 0 Å². The normalized spacial score (nSPS) is 12.3. The van der Waals surface area contributed by atoms with Gasteiger partial charge in [0.05, 0.1) is 22.7 Å². The van der Waals surface area contributed by atoms with E-state index >= 15 is 0 Å². The molecule has 0 saturated heterocycles. The van der Waals surface area contributed by atoms with Crippen LogP contribution in [0.25, 0.3) is 11.5 Å². The van der Waals surface area contributed by atoms with Crippen molar-refractivity contribution in [2.45, 2.75) is 31.3 Å². The van der Waals surface area contributed by atoms with E-state index in [0.29, 0.717) is 17.0 Å². The molecule has 1 amide bonds. The molecule has 12 heteroatoms. The number of benzene rings is 2. The molecule has 2 N–H and O–H groups in total. The highest BCUT2D eigenvalue weighted by Crippen LogP contribution is 2.30. The Bertz CT molecular complexity index is 1420. The van der Waals surface area contributed by atoms with Crippen molar-refractivity contribution in [1.29, 1.82) is 0 Å². The number of para-hydroxylation sites is 1. The molecule has 0 bridgehead atoms. The number of anilines is 1. The molecule has 0 aliphatic heterocycles. The van der Waals surface area contributed by atoms with Gasteiger partial charge in [0.1, 0.15) is 36.0 Å². The average Bonchev–Trinajstić information content (AvgIpc) is 3.47. The molecule has 2 aromatic heterocycles. The lowest BCUT2D eigenvalue weighted by Crippen LogP contribution is -2.31. The number of halogens is 1. The summed E-state index contributed by atoms with van der Waals surface area (Å²) in [5, 5.41) is 6.73. The van der Waals surface area contributed by atoms with Crippen LogP contribution in [-0.4, -0.2) is 34.1 Å². The third kappa shape index (κ3) is 4.96. The van der Waals surface area contributed by atoms with Gasteiger partial charge >= 0.3 is 0 Å². The van der Waals surface area contributed by atoms with E-state index in [9.17, 15) is 17.6 Å². The first-order valence-electron chi connectivity index (χ1n) is 10.2. The third-order valence-corrected chi connectivity index (χ3v) is 6.41. The van der Waals surface area contributed by atoms with Gasteiger partial charge in [-0.3, -0.25) is 9.52 Å². The van der Waals surface area contributed by atoms with Crippen LogP contribution >= 0.6 is 0 Å². The highest BCUT2D eigenvalue weighted by molar-refractivity contribution is 7.92. The summed E-state index contributed by atoms with van der Waals surface area (Å²) in [5.74, 6) is -0.308. The van der Waals surface area contributed by atoms with E-state index in [2.05, 4.69) is 25.1 Å². The lowest BCUT2D eigenvalue weighted by molar-refractivity contribution is -0.124. The molecule has 2 heterocycles. The van der Waals surface area contributed by atoms with Crippen LogP contribution in [0.3, 0.4) is 0 Å². The SMILES string of the molecule is Cc1oc(-c2ccccc2NS(=O)(=O)c2cccc(F)c2)nc1CNC(=O)C(C)n1cncn1. The zero-order chi connectivity index (χ0) is 24.3. The van der Waals surface area contributed by atoms with E-state index in [4.69, 9.17) is 4.42 Å². The predicted molar refractivity (Wildman–Crippen MR) is 120 cm³/mol. The van der Waals surface area contributed by atoms with Crippen LogP contribution < -0.4 is 10.0 Å². The van der Waals surface area contributed by atoms with Gasteiger partial charge in [-0.1, -0.05) is 18.2 Å². The minimum Gasteiger partial charge on any atom is -0.441 e. The molecule has 0 aliphatic carbocycles. The van der Waals surface area contributed by atoms with E-state index in [1.807, 2.05) is 0 Å². The van der Waals surface area contributed by atoms with Crippen molar-refractivity contribution in [3.8, 4) is 11.5 Å². The van der Waals surface area contributed by atoms with Crippen molar-refractivity contribution < 1.29 is 22.0 Å².